The molecule has 0 radical (unpaired) electrons. The van der Waals surface area contributed by atoms with Crippen LogP contribution in [0.15, 0.2) is 34.3 Å². The molecule has 0 spiro atoms. The minimum Gasteiger partial charge on any atom is -0.490 e. The maximum atomic E-state index is 10.4. The molecule has 3 rings (SSSR count). The molecular formula is C17H21BrO2. The summed E-state index contributed by atoms with van der Waals surface area (Å²) in [6.07, 6.45) is 5.03. The van der Waals surface area contributed by atoms with Crippen molar-refractivity contribution in [2.24, 2.45) is 11.8 Å². The molecule has 1 aliphatic heterocycles. The third-order valence-electron chi connectivity index (χ3n) is 4.42. The lowest BCUT2D eigenvalue weighted by Gasteiger charge is -2.37. The van der Waals surface area contributed by atoms with E-state index >= 15 is 0 Å². The molecule has 108 valence electrons. The first-order valence-electron chi connectivity index (χ1n) is 7.34. The summed E-state index contributed by atoms with van der Waals surface area (Å²) in [6.45, 7) is 4.46. The number of ether oxygens (including phenoxy) is 1. The molecule has 0 fully saturated rings. The van der Waals surface area contributed by atoms with Gasteiger partial charge in [0.15, 0.2) is 0 Å². The summed E-state index contributed by atoms with van der Waals surface area (Å²) in [5.41, 5.74) is 2.37. The number of hydrogen-bond acceptors (Lipinski definition) is 2. The van der Waals surface area contributed by atoms with Crippen LogP contribution < -0.4 is 4.74 Å². The highest BCUT2D eigenvalue weighted by molar-refractivity contribution is 9.10. The molecule has 2 aliphatic rings. The lowest BCUT2D eigenvalue weighted by molar-refractivity contribution is 0.0273. The normalized spacial score (nSPS) is 33.1. The van der Waals surface area contributed by atoms with Crippen LogP contribution in [0.3, 0.4) is 0 Å². The first kappa shape index (κ1) is 14.2. The van der Waals surface area contributed by atoms with Crippen molar-refractivity contribution in [3.8, 4) is 5.75 Å². The van der Waals surface area contributed by atoms with E-state index in [0.717, 1.165) is 28.6 Å². The van der Waals surface area contributed by atoms with Crippen molar-refractivity contribution in [3.05, 3.63) is 39.9 Å². The van der Waals surface area contributed by atoms with Gasteiger partial charge in [0, 0.05) is 22.4 Å². The Hall–Kier alpha value is -0.800. The molecule has 2 nitrogen and oxygen atoms in total. The molecule has 1 aliphatic carbocycles. The zero-order chi connectivity index (χ0) is 14.3. The monoisotopic (exact) mass is 336 g/mol. The standard InChI is InChI=1S/C17H21BrO2/c1-10-5-11(2)7-12(6-10)16-9-15(19)14-4-3-13(18)8-17(14)20-16/h3-5,8,10,12,15-16,19H,6-7,9H2,1-2H3. The van der Waals surface area contributed by atoms with E-state index in [2.05, 4.69) is 35.9 Å². The molecule has 0 aromatic heterocycles. The minimum absolute atomic E-state index is 0.123. The quantitative estimate of drug-likeness (QED) is 0.758. The molecule has 3 heteroatoms. The third-order valence-corrected chi connectivity index (χ3v) is 4.92. The summed E-state index contributed by atoms with van der Waals surface area (Å²) in [4.78, 5) is 0. The van der Waals surface area contributed by atoms with E-state index in [4.69, 9.17) is 4.74 Å². The Morgan fingerprint density at radius 1 is 1.30 bits per heavy atom. The SMILES string of the molecule is CC1=CC(C)CC(C2CC(O)c3ccc(Br)cc3O2)C1. The van der Waals surface area contributed by atoms with Crippen LogP contribution in [0.4, 0.5) is 0 Å². The summed E-state index contributed by atoms with van der Waals surface area (Å²) in [5, 5.41) is 10.4. The summed E-state index contributed by atoms with van der Waals surface area (Å²) in [5.74, 6) is 1.96. The van der Waals surface area contributed by atoms with Gasteiger partial charge in [0.1, 0.15) is 11.9 Å². The van der Waals surface area contributed by atoms with Gasteiger partial charge in [0.05, 0.1) is 6.10 Å². The van der Waals surface area contributed by atoms with Gasteiger partial charge in [-0.05, 0) is 37.8 Å². The molecule has 4 atom stereocenters. The van der Waals surface area contributed by atoms with Crippen LogP contribution in [0.25, 0.3) is 0 Å². The van der Waals surface area contributed by atoms with Crippen LogP contribution in [0.5, 0.6) is 5.75 Å². The van der Waals surface area contributed by atoms with E-state index in [1.807, 2.05) is 18.2 Å². The van der Waals surface area contributed by atoms with Crippen molar-refractivity contribution in [1.82, 2.24) is 0 Å². The average Bonchev–Trinajstić information content (AvgIpc) is 2.36. The Bertz CT molecular complexity index is 538. The fourth-order valence-corrected chi connectivity index (χ4v) is 3.95. The van der Waals surface area contributed by atoms with Crippen molar-refractivity contribution in [1.29, 1.82) is 0 Å². The summed E-state index contributed by atoms with van der Waals surface area (Å²) in [6, 6.07) is 5.88. The van der Waals surface area contributed by atoms with E-state index in [9.17, 15) is 5.11 Å². The number of hydrogen-bond donors (Lipinski definition) is 1. The Morgan fingerprint density at radius 2 is 2.10 bits per heavy atom. The Balaban J connectivity index is 1.82. The topological polar surface area (TPSA) is 29.5 Å². The van der Waals surface area contributed by atoms with Gasteiger partial charge in [-0.15, -0.1) is 0 Å². The van der Waals surface area contributed by atoms with Gasteiger partial charge in [0.2, 0.25) is 0 Å². The summed E-state index contributed by atoms with van der Waals surface area (Å²) < 4.78 is 7.20. The Kier molecular flexibility index (Phi) is 3.91. The molecule has 0 saturated heterocycles. The lowest BCUT2D eigenvalue weighted by Crippen LogP contribution is -2.35. The van der Waals surface area contributed by atoms with Gasteiger partial charge in [-0.1, -0.05) is 40.6 Å². The fourth-order valence-electron chi connectivity index (χ4n) is 3.61. The van der Waals surface area contributed by atoms with Crippen molar-refractivity contribution < 1.29 is 9.84 Å². The first-order valence-corrected chi connectivity index (χ1v) is 8.13. The number of aliphatic hydroxyl groups excluding tert-OH is 1. The molecule has 1 heterocycles. The van der Waals surface area contributed by atoms with E-state index in [1.54, 1.807) is 0 Å². The van der Waals surface area contributed by atoms with E-state index in [1.165, 1.54) is 5.57 Å². The molecule has 0 amide bonds. The number of aliphatic hydroxyl groups is 1. The van der Waals surface area contributed by atoms with Gasteiger partial charge in [0.25, 0.3) is 0 Å². The van der Waals surface area contributed by atoms with Gasteiger partial charge >= 0.3 is 0 Å². The highest BCUT2D eigenvalue weighted by Gasteiger charge is 2.34. The molecular weight excluding hydrogens is 316 g/mol. The van der Waals surface area contributed by atoms with Gasteiger partial charge in [-0.2, -0.15) is 0 Å². The predicted octanol–water partition coefficient (Wildman–Crippen LogP) is 4.63. The maximum absolute atomic E-state index is 10.4. The largest absolute Gasteiger partial charge is 0.490 e. The highest BCUT2D eigenvalue weighted by atomic mass is 79.9. The molecule has 4 unspecified atom stereocenters. The van der Waals surface area contributed by atoms with Gasteiger partial charge in [-0.25, -0.2) is 0 Å². The van der Waals surface area contributed by atoms with Crippen molar-refractivity contribution >= 4 is 15.9 Å². The number of halogens is 1. The average molecular weight is 337 g/mol. The van der Waals surface area contributed by atoms with Crippen LogP contribution in [-0.2, 0) is 0 Å². The van der Waals surface area contributed by atoms with Crippen molar-refractivity contribution in [3.63, 3.8) is 0 Å². The minimum atomic E-state index is -0.404. The lowest BCUT2D eigenvalue weighted by atomic mass is 9.78. The number of benzene rings is 1. The Morgan fingerprint density at radius 3 is 2.85 bits per heavy atom. The van der Waals surface area contributed by atoms with Crippen molar-refractivity contribution in [2.45, 2.75) is 45.3 Å². The second-order valence-electron chi connectivity index (χ2n) is 6.28. The molecule has 0 saturated carbocycles. The van der Waals surface area contributed by atoms with E-state index < -0.39 is 6.10 Å². The first-order chi connectivity index (χ1) is 9.52. The zero-order valence-corrected chi connectivity index (χ0v) is 13.6. The van der Waals surface area contributed by atoms with Gasteiger partial charge in [-0.3, -0.25) is 0 Å². The second-order valence-corrected chi connectivity index (χ2v) is 7.20. The van der Waals surface area contributed by atoms with Crippen LogP contribution >= 0.6 is 15.9 Å². The molecule has 20 heavy (non-hydrogen) atoms. The van der Waals surface area contributed by atoms with E-state index in [0.29, 0.717) is 18.3 Å². The molecule has 1 aromatic rings. The highest BCUT2D eigenvalue weighted by Crippen LogP contribution is 2.42. The smallest absolute Gasteiger partial charge is 0.126 e. The molecule has 0 bridgehead atoms. The third kappa shape index (κ3) is 2.79. The summed E-state index contributed by atoms with van der Waals surface area (Å²) in [7, 11) is 0. The molecule has 1 N–H and O–H groups in total. The van der Waals surface area contributed by atoms with Crippen molar-refractivity contribution in [2.75, 3.05) is 0 Å². The number of rotatable bonds is 1. The maximum Gasteiger partial charge on any atom is 0.126 e. The fraction of sp³-hybridized carbons (Fsp3) is 0.529. The van der Waals surface area contributed by atoms with Crippen LogP contribution in [-0.4, -0.2) is 11.2 Å². The predicted molar refractivity (Wildman–Crippen MR) is 83.8 cm³/mol. The van der Waals surface area contributed by atoms with E-state index in [-0.39, 0.29) is 6.10 Å². The second kappa shape index (κ2) is 5.53. The van der Waals surface area contributed by atoms with Gasteiger partial charge < -0.3 is 9.84 Å². The van der Waals surface area contributed by atoms with Crippen LogP contribution in [0, 0.1) is 11.8 Å². The number of allylic oxidation sites excluding steroid dienone is 2. The van der Waals surface area contributed by atoms with Crippen LogP contribution in [0.1, 0.15) is 44.8 Å². The molecule has 1 aromatic carbocycles. The zero-order valence-electron chi connectivity index (χ0n) is 12.0. The van der Waals surface area contributed by atoms with Crippen LogP contribution in [0.2, 0.25) is 0 Å². The summed E-state index contributed by atoms with van der Waals surface area (Å²) >= 11 is 3.47. The number of fused-ring (bicyclic) bond motifs is 1. The Labute approximate surface area is 129 Å².